The van der Waals surface area contributed by atoms with E-state index in [2.05, 4.69) is 18.2 Å². The fourth-order valence-electron chi connectivity index (χ4n) is 4.17. The van der Waals surface area contributed by atoms with Crippen LogP contribution >= 0.6 is 0 Å². The molecule has 1 fully saturated rings. The van der Waals surface area contributed by atoms with Crippen molar-refractivity contribution in [2.75, 3.05) is 20.2 Å². The molecule has 1 aliphatic heterocycles. The molecule has 0 bridgehead atoms. The molecular weight excluding hydrogens is 370 g/mol. The molecule has 28 heavy (non-hydrogen) atoms. The average molecular weight is 402 g/mol. The van der Waals surface area contributed by atoms with E-state index in [0.29, 0.717) is 18.0 Å². The molecule has 1 aliphatic rings. The van der Waals surface area contributed by atoms with Crippen LogP contribution in [-0.2, 0) is 10.0 Å². The third-order valence-electron chi connectivity index (χ3n) is 6.12. The van der Waals surface area contributed by atoms with Gasteiger partial charge in [-0.3, -0.25) is 0 Å². The molecule has 0 saturated carbocycles. The maximum Gasteiger partial charge on any atom is 0.243 e. The molecule has 1 atom stereocenters. The maximum atomic E-state index is 13.7. The number of nitrogens with zero attached hydrogens (tertiary/aromatic N) is 1. The summed E-state index contributed by atoms with van der Waals surface area (Å²) in [5.74, 6) is 1.03. The number of hydrogen-bond acceptors (Lipinski definition) is 3. The smallest absolute Gasteiger partial charge is 0.243 e. The summed E-state index contributed by atoms with van der Waals surface area (Å²) in [6.45, 7) is 8.94. The summed E-state index contributed by atoms with van der Waals surface area (Å²) in [6.07, 6.45) is 2.94. The standard InChI is InChI=1S/C23H31NO3S/c1-16-14-17(2)19(4)23(18(16)3)28(25,26)24-13-7-6-8-21(15-24)20-9-11-22(27-5)12-10-20/h9-12,14,21H,6-8,13,15H2,1-5H3. The summed E-state index contributed by atoms with van der Waals surface area (Å²) in [5.41, 5.74) is 4.98. The molecule has 2 aromatic carbocycles. The maximum absolute atomic E-state index is 13.7. The lowest BCUT2D eigenvalue weighted by Crippen LogP contribution is -2.35. The van der Waals surface area contributed by atoms with Crippen molar-refractivity contribution in [1.82, 2.24) is 4.31 Å². The summed E-state index contributed by atoms with van der Waals surface area (Å²) in [7, 11) is -1.88. The Bertz CT molecular complexity index is 923. The largest absolute Gasteiger partial charge is 0.497 e. The first-order valence-corrected chi connectivity index (χ1v) is 11.4. The van der Waals surface area contributed by atoms with Gasteiger partial charge in [-0.05, 0) is 86.4 Å². The zero-order valence-corrected chi connectivity index (χ0v) is 18.4. The first-order chi connectivity index (χ1) is 13.3. The molecule has 4 nitrogen and oxygen atoms in total. The van der Waals surface area contributed by atoms with E-state index >= 15 is 0 Å². The second kappa shape index (κ2) is 8.26. The number of sulfonamides is 1. The van der Waals surface area contributed by atoms with E-state index < -0.39 is 10.0 Å². The van der Waals surface area contributed by atoms with Gasteiger partial charge in [-0.1, -0.05) is 24.6 Å². The van der Waals surface area contributed by atoms with Gasteiger partial charge < -0.3 is 4.74 Å². The Morgan fingerprint density at radius 1 is 0.964 bits per heavy atom. The third kappa shape index (κ3) is 3.96. The summed E-state index contributed by atoms with van der Waals surface area (Å²) in [5, 5.41) is 0. The van der Waals surface area contributed by atoms with Crippen LogP contribution in [-0.4, -0.2) is 32.9 Å². The van der Waals surface area contributed by atoms with Gasteiger partial charge in [0.15, 0.2) is 0 Å². The minimum absolute atomic E-state index is 0.203. The number of hydrogen-bond donors (Lipinski definition) is 0. The lowest BCUT2D eigenvalue weighted by atomic mass is 9.94. The van der Waals surface area contributed by atoms with Crippen molar-refractivity contribution in [3.63, 3.8) is 0 Å². The lowest BCUT2D eigenvalue weighted by molar-refractivity contribution is 0.404. The topological polar surface area (TPSA) is 46.6 Å². The van der Waals surface area contributed by atoms with Crippen molar-refractivity contribution in [2.24, 2.45) is 0 Å². The first-order valence-electron chi connectivity index (χ1n) is 9.97. The van der Waals surface area contributed by atoms with Crippen molar-refractivity contribution < 1.29 is 13.2 Å². The summed E-state index contributed by atoms with van der Waals surface area (Å²) in [6, 6.07) is 10.1. The molecule has 0 aromatic heterocycles. The molecule has 1 unspecified atom stereocenters. The predicted octanol–water partition coefficient (Wildman–Crippen LogP) is 4.89. The predicted molar refractivity (Wildman–Crippen MR) is 114 cm³/mol. The van der Waals surface area contributed by atoms with Crippen molar-refractivity contribution in [1.29, 1.82) is 0 Å². The van der Waals surface area contributed by atoms with Gasteiger partial charge in [-0.15, -0.1) is 0 Å². The molecule has 5 heteroatoms. The van der Waals surface area contributed by atoms with E-state index in [0.717, 1.165) is 47.3 Å². The Labute approximate surface area is 169 Å². The highest BCUT2D eigenvalue weighted by atomic mass is 32.2. The molecule has 152 valence electrons. The number of benzene rings is 2. The van der Waals surface area contributed by atoms with Gasteiger partial charge >= 0.3 is 0 Å². The van der Waals surface area contributed by atoms with Crippen LogP contribution in [0.3, 0.4) is 0 Å². The molecule has 0 N–H and O–H groups in total. The fraction of sp³-hybridized carbons (Fsp3) is 0.478. The van der Waals surface area contributed by atoms with Gasteiger partial charge in [0.1, 0.15) is 5.75 Å². The SMILES string of the molecule is COc1ccc(C2CCCCN(S(=O)(=O)c3c(C)c(C)cc(C)c3C)C2)cc1. The Morgan fingerprint density at radius 2 is 1.57 bits per heavy atom. The highest BCUT2D eigenvalue weighted by Crippen LogP contribution is 2.33. The monoisotopic (exact) mass is 401 g/mol. The zero-order chi connectivity index (χ0) is 20.5. The highest BCUT2D eigenvalue weighted by Gasteiger charge is 2.32. The van der Waals surface area contributed by atoms with E-state index in [1.165, 1.54) is 5.56 Å². The quantitative estimate of drug-likeness (QED) is 0.733. The van der Waals surface area contributed by atoms with Gasteiger partial charge in [-0.25, -0.2) is 8.42 Å². The van der Waals surface area contributed by atoms with Crippen molar-refractivity contribution in [2.45, 2.75) is 57.8 Å². The van der Waals surface area contributed by atoms with Crippen LogP contribution in [0.2, 0.25) is 0 Å². The van der Waals surface area contributed by atoms with Crippen molar-refractivity contribution in [3.05, 3.63) is 58.1 Å². The van der Waals surface area contributed by atoms with E-state index in [1.54, 1.807) is 11.4 Å². The van der Waals surface area contributed by atoms with Gasteiger partial charge in [0.2, 0.25) is 10.0 Å². The average Bonchev–Trinajstić information content (AvgIpc) is 2.93. The molecule has 1 heterocycles. The lowest BCUT2D eigenvalue weighted by Gasteiger charge is -2.27. The Kier molecular flexibility index (Phi) is 6.15. The van der Waals surface area contributed by atoms with E-state index in [-0.39, 0.29) is 5.92 Å². The molecule has 0 spiro atoms. The van der Waals surface area contributed by atoms with E-state index in [9.17, 15) is 8.42 Å². The van der Waals surface area contributed by atoms with Gasteiger partial charge in [0.05, 0.1) is 12.0 Å². The molecular formula is C23H31NO3S. The van der Waals surface area contributed by atoms with E-state index in [4.69, 9.17) is 4.74 Å². The molecule has 0 amide bonds. The van der Waals surface area contributed by atoms with Gasteiger partial charge in [-0.2, -0.15) is 4.31 Å². The second-order valence-corrected chi connectivity index (χ2v) is 9.79. The molecule has 1 saturated heterocycles. The number of rotatable bonds is 4. The Hall–Kier alpha value is -1.85. The van der Waals surface area contributed by atoms with Crippen LogP contribution in [0.4, 0.5) is 0 Å². The second-order valence-electron chi connectivity index (χ2n) is 7.92. The zero-order valence-electron chi connectivity index (χ0n) is 17.6. The Morgan fingerprint density at radius 3 is 2.14 bits per heavy atom. The van der Waals surface area contributed by atoms with Crippen LogP contribution in [0.25, 0.3) is 0 Å². The van der Waals surface area contributed by atoms with Crippen molar-refractivity contribution in [3.8, 4) is 5.75 Å². The third-order valence-corrected chi connectivity index (χ3v) is 8.26. The van der Waals surface area contributed by atoms with Gasteiger partial charge in [0.25, 0.3) is 0 Å². The van der Waals surface area contributed by atoms with E-state index in [1.807, 2.05) is 39.8 Å². The minimum Gasteiger partial charge on any atom is -0.497 e. The summed E-state index contributed by atoms with van der Waals surface area (Å²) in [4.78, 5) is 0.500. The summed E-state index contributed by atoms with van der Waals surface area (Å²) >= 11 is 0. The number of ether oxygens (including phenoxy) is 1. The Balaban J connectivity index is 1.97. The molecule has 2 aromatic rings. The van der Waals surface area contributed by atoms with Crippen LogP contribution in [0, 0.1) is 27.7 Å². The first kappa shape index (κ1) is 20.9. The molecule has 0 aliphatic carbocycles. The van der Waals surface area contributed by atoms with Gasteiger partial charge in [0, 0.05) is 13.1 Å². The van der Waals surface area contributed by atoms with Crippen LogP contribution in [0.1, 0.15) is 53.0 Å². The fourth-order valence-corrected chi connectivity index (χ4v) is 6.27. The molecule has 3 rings (SSSR count). The molecule has 0 radical (unpaired) electrons. The van der Waals surface area contributed by atoms with Crippen LogP contribution < -0.4 is 4.74 Å². The highest BCUT2D eigenvalue weighted by molar-refractivity contribution is 7.89. The summed E-state index contributed by atoms with van der Waals surface area (Å²) < 4.78 is 34.3. The van der Waals surface area contributed by atoms with Crippen LogP contribution in [0.15, 0.2) is 35.2 Å². The van der Waals surface area contributed by atoms with Crippen LogP contribution in [0.5, 0.6) is 5.75 Å². The minimum atomic E-state index is -3.54. The number of methoxy groups -OCH3 is 1. The van der Waals surface area contributed by atoms with Crippen molar-refractivity contribution >= 4 is 10.0 Å². The normalized spacial score (nSPS) is 18.7. The number of aryl methyl sites for hydroxylation is 2.